The fraction of sp³-hybridized carbons (Fsp3) is 0.565. The zero-order valence-corrected chi connectivity index (χ0v) is 19.1. The zero-order valence-electron chi connectivity index (χ0n) is 18.3. The molecule has 0 aliphatic carbocycles. The predicted octanol–water partition coefficient (Wildman–Crippen LogP) is 3.74. The van der Waals surface area contributed by atoms with Gasteiger partial charge in [0, 0.05) is 38.0 Å². The molecule has 0 saturated carbocycles. The lowest BCUT2D eigenvalue weighted by molar-refractivity contribution is -0.133. The van der Waals surface area contributed by atoms with E-state index in [1.807, 2.05) is 41.5 Å². The Kier molecular flexibility index (Phi) is 8.66. The Hall–Kier alpha value is -1.96. The molecule has 0 spiro atoms. The fourth-order valence-electron chi connectivity index (χ4n) is 3.39. The van der Waals surface area contributed by atoms with Crippen LogP contribution in [0.3, 0.4) is 0 Å². The summed E-state index contributed by atoms with van der Waals surface area (Å²) in [7, 11) is 0. The van der Waals surface area contributed by atoms with Crippen LogP contribution in [0.5, 0.6) is 5.75 Å². The smallest absolute Gasteiger partial charge is 0.223 e. The molecule has 7 heteroatoms. The maximum absolute atomic E-state index is 12.8. The quantitative estimate of drug-likeness (QED) is 0.574. The van der Waals surface area contributed by atoms with E-state index < -0.39 is 0 Å². The first-order chi connectivity index (χ1) is 14.5. The van der Waals surface area contributed by atoms with Gasteiger partial charge >= 0.3 is 0 Å². The SMILES string of the molecule is Cc1cccc(OCc2nc(CN(CCN3CCOCC3)C(=O)CC(C)C)cs2)c1. The number of amides is 1. The second-order valence-electron chi connectivity index (χ2n) is 8.21. The highest BCUT2D eigenvalue weighted by Gasteiger charge is 2.19. The van der Waals surface area contributed by atoms with E-state index in [2.05, 4.69) is 18.7 Å². The minimum atomic E-state index is 0.198. The lowest BCUT2D eigenvalue weighted by Crippen LogP contribution is -2.43. The van der Waals surface area contributed by atoms with E-state index >= 15 is 0 Å². The Labute approximate surface area is 183 Å². The third-order valence-corrected chi connectivity index (χ3v) is 5.90. The van der Waals surface area contributed by atoms with E-state index in [0.29, 0.717) is 25.5 Å². The molecule has 30 heavy (non-hydrogen) atoms. The van der Waals surface area contributed by atoms with Gasteiger partial charge in [0.05, 0.1) is 25.5 Å². The number of ether oxygens (including phenoxy) is 2. The van der Waals surface area contributed by atoms with Gasteiger partial charge < -0.3 is 14.4 Å². The first-order valence-corrected chi connectivity index (χ1v) is 11.6. The third-order valence-electron chi connectivity index (χ3n) is 5.03. The van der Waals surface area contributed by atoms with Crippen molar-refractivity contribution in [2.24, 2.45) is 5.92 Å². The van der Waals surface area contributed by atoms with Crippen LogP contribution in [0.25, 0.3) is 0 Å². The summed E-state index contributed by atoms with van der Waals surface area (Å²) in [5, 5.41) is 2.97. The summed E-state index contributed by atoms with van der Waals surface area (Å²) in [4.78, 5) is 21.8. The molecule has 2 heterocycles. The molecule has 3 rings (SSSR count). The molecule has 0 unspecified atom stereocenters. The summed E-state index contributed by atoms with van der Waals surface area (Å²) in [5.74, 6) is 1.40. The molecule has 0 N–H and O–H groups in total. The Morgan fingerprint density at radius 3 is 2.87 bits per heavy atom. The third kappa shape index (κ3) is 7.38. The lowest BCUT2D eigenvalue weighted by atomic mass is 10.1. The first-order valence-electron chi connectivity index (χ1n) is 10.7. The van der Waals surface area contributed by atoms with Crippen molar-refractivity contribution >= 4 is 17.2 Å². The molecule has 1 aliphatic rings. The standard InChI is InChI=1S/C23H33N3O3S/c1-18(2)13-23(27)26(8-7-25-9-11-28-12-10-25)15-20-17-30-22(24-20)16-29-21-6-4-5-19(3)14-21/h4-6,14,17-18H,7-13,15-16H2,1-3H3. The van der Waals surface area contributed by atoms with Gasteiger partial charge in [-0.3, -0.25) is 9.69 Å². The number of carbonyl (C=O) groups is 1. The number of morpholine rings is 1. The summed E-state index contributed by atoms with van der Waals surface area (Å²) in [6.07, 6.45) is 0.566. The van der Waals surface area contributed by atoms with Crippen molar-refractivity contribution in [1.82, 2.24) is 14.8 Å². The second-order valence-corrected chi connectivity index (χ2v) is 9.15. The summed E-state index contributed by atoms with van der Waals surface area (Å²) in [5.41, 5.74) is 2.11. The molecule has 0 radical (unpaired) electrons. The lowest BCUT2D eigenvalue weighted by Gasteiger charge is -2.30. The highest BCUT2D eigenvalue weighted by atomic mass is 32.1. The number of carbonyl (C=O) groups excluding carboxylic acids is 1. The molecule has 1 fully saturated rings. The maximum atomic E-state index is 12.8. The number of aromatic nitrogens is 1. The minimum Gasteiger partial charge on any atom is -0.486 e. The Morgan fingerprint density at radius 1 is 1.33 bits per heavy atom. The van der Waals surface area contributed by atoms with Crippen LogP contribution in [0.15, 0.2) is 29.6 Å². The van der Waals surface area contributed by atoms with Crippen LogP contribution in [0, 0.1) is 12.8 Å². The minimum absolute atomic E-state index is 0.198. The molecule has 2 aromatic rings. The van der Waals surface area contributed by atoms with Crippen molar-refractivity contribution in [3.63, 3.8) is 0 Å². The number of benzene rings is 1. The molecular weight excluding hydrogens is 398 g/mol. The van der Waals surface area contributed by atoms with Gasteiger partial charge in [0.15, 0.2) is 0 Å². The number of nitrogens with zero attached hydrogens (tertiary/aromatic N) is 3. The zero-order chi connectivity index (χ0) is 21.3. The summed E-state index contributed by atoms with van der Waals surface area (Å²) in [6, 6.07) is 8.02. The van der Waals surface area contributed by atoms with Gasteiger partial charge in [-0.2, -0.15) is 0 Å². The average molecular weight is 432 g/mol. The molecule has 1 aromatic heterocycles. The number of rotatable bonds is 10. The van der Waals surface area contributed by atoms with Gasteiger partial charge in [0.2, 0.25) is 5.91 Å². The molecule has 0 atom stereocenters. The van der Waals surface area contributed by atoms with Gasteiger partial charge in [0.25, 0.3) is 0 Å². The Bertz CT molecular complexity index is 802. The number of thiazole rings is 1. The predicted molar refractivity (Wildman–Crippen MR) is 120 cm³/mol. The van der Waals surface area contributed by atoms with Gasteiger partial charge in [-0.05, 0) is 30.5 Å². The molecular formula is C23H33N3O3S. The second kappa shape index (κ2) is 11.4. The van der Waals surface area contributed by atoms with Crippen molar-refractivity contribution in [1.29, 1.82) is 0 Å². The summed E-state index contributed by atoms with van der Waals surface area (Å²) >= 11 is 1.59. The Balaban J connectivity index is 1.56. The maximum Gasteiger partial charge on any atom is 0.223 e. The van der Waals surface area contributed by atoms with E-state index in [0.717, 1.165) is 55.8 Å². The van der Waals surface area contributed by atoms with Crippen LogP contribution in [-0.4, -0.2) is 60.1 Å². The van der Waals surface area contributed by atoms with E-state index in [-0.39, 0.29) is 5.91 Å². The molecule has 1 aliphatic heterocycles. The highest BCUT2D eigenvalue weighted by molar-refractivity contribution is 7.09. The van der Waals surface area contributed by atoms with Gasteiger partial charge in [-0.1, -0.05) is 26.0 Å². The normalized spacial score (nSPS) is 14.8. The van der Waals surface area contributed by atoms with Gasteiger partial charge in [-0.25, -0.2) is 4.98 Å². The van der Waals surface area contributed by atoms with Crippen LogP contribution in [0.1, 0.15) is 36.5 Å². The Morgan fingerprint density at radius 2 is 2.13 bits per heavy atom. The largest absolute Gasteiger partial charge is 0.486 e. The van der Waals surface area contributed by atoms with Crippen molar-refractivity contribution < 1.29 is 14.3 Å². The monoisotopic (exact) mass is 431 g/mol. The van der Waals surface area contributed by atoms with Crippen LogP contribution in [0.2, 0.25) is 0 Å². The summed E-state index contributed by atoms with van der Waals surface area (Å²) in [6.45, 7) is 12.2. The molecule has 0 bridgehead atoms. The van der Waals surface area contributed by atoms with Gasteiger partial charge in [-0.15, -0.1) is 11.3 Å². The first kappa shape index (κ1) is 22.7. The van der Waals surface area contributed by atoms with Crippen molar-refractivity contribution in [3.8, 4) is 5.75 Å². The highest BCUT2D eigenvalue weighted by Crippen LogP contribution is 2.18. The van der Waals surface area contributed by atoms with E-state index in [1.54, 1.807) is 11.3 Å². The van der Waals surface area contributed by atoms with Crippen molar-refractivity contribution in [3.05, 3.63) is 45.9 Å². The van der Waals surface area contributed by atoms with Crippen LogP contribution in [-0.2, 0) is 22.7 Å². The number of hydrogen-bond acceptors (Lipinski definition) is 6. The van der Waals surface area contributed by atoms with Crippen molar-refractivity contribution in [2.45, 2.75) is 40.3 Å². The van der Waals surface area contributed by atoms with Gasteiger partial charge in [0.1, 0.15) is 17.4 Å². The van der Waals surface area contributed by atoms with Crippen LogP contribution < -0.4 is 4.74 Å². The van der Waals surface area contributed by atoms with E-state index in [1.165, 1.54) is 5.56 Å². The fourth-order valence-corrected chi connectivity index (χ4v) is 4.09. The topological polar surface area (TPSA) is 54.9 Å². The molecule has 1 aromatic carbocycles. The molecule has 1 amide bonds. The number of hydrogen-bond donors (Lipinski definition) is 0. The summed E-state index contributed by atoms with van der Waals surface area (Å²) < 4.78 is 11.3. The number of aryl methyl sites for hydroxylation is 1. The molecule has 6 nitrogen and oxygen atoms in total. The van der Waals surface area contributed by atoms with Crippen molar-refractivity contribution in [2.75, 3.05) is 39.4 Å². The van der Waals surface area contributed by atoms with E-state index in [9.17, 15) is 4.79 Å². The molecule has 164 valence electrons. The molecule has 1 saturated heterocycles. The average Bonchev–Trinajstić information content (AvgIpc) is 3.17. The van der Waals surface area contributed by atoms with Crippen LogP contribution >= 0.6 is 11.3 Å². The van der Waals surface area contributed by atoms with Crippen LogP contribution in [0.4, 0.5) is 0 Å². The van der Waals surface area contributed by atoms with E-state index in [4.69, 9.17) is 14.5 Å².